The van der Waals surface area contributed by atoms with Crippen LogP contribution < -0.4 is 10.6 Å². The van der Waals surface area contributed by atoms with E-state index in [1.807, 2.05) is 39.0 Å². The zero-order valence-corrected chi connectivity index (χ0v) is 13.7. The smallest absolute Gasteiger partial charge is 0.236 e. The van der Waals surface area contributed by atoms with E-state index in [2.05, 4.69) is 22.8 Å². The van der Waals surface area contributed by atoms with Gasteiger partial charge in [-0.3, -0.25) is 9.59 Å². The van der Waals surface area contributed by atoms with E-state index in [1.54, 1.807) is 0 Å². The highest BCUT2D eigenvalue weighted by Crippen LogP contribution is 2.46. The number of hydrogen-bond acceptors (Lipinski definition) is 2. The first-order chi connectivity index (χ1) is 10.3. The molecule has 0 radical (unpaired) electrons. The second-order valence-corrected chi connectivity index (χ2v) is 7.13. The largest absolute Gasteiger partial charge is 0.355 e. The lowest BCUT2D eigenvalue weighted by atomic mass is 10.0. The SMILES string of the molecule is CC(C)(C)NC(=O)C1(C(=O)NCCCc2ccccc2)CC1. The molecule has 1 fully saturated rings. The number of hydrogen-bond donors (Lipinski definition) is 2. The van der Waals surface area contributed by atoms with E-state index in [0.29, 0.717) is 19.4 Å². The van der Waals surface area contributed by atoms with Crippen molar-refractivity contribution in [2.75, 3.05) is 6.54 Å². The maximum atomic E-state index is 12.3. The second-order valence-electron chi connectivity index (χ2n) is 7.13. The van der Waals surface area contributed by atoms with E-state index in [9.17, 15) is 9.59 Å². The summed E-state index contributed by atoms with van der Waals surface area (Å²) in [6.07, 6.45) is 3.12. The summed E-state index contributed by atoms with van der Waals surface area (Å²) in [6, 6.07) is 10.2. The highest BCUT2D eigenvalue weighted by atomic mass is 16.2. The minimum absolute atomic E-state index is 0.123. The molecule has 1 saturated carbocycles. The molecule has 0 bridgehead atoms. The van der Waals surface area contributed by atoms with Gasteiger partial charge in [0.15, 0.2) is 0 Å². The molecule has 1 aromatic carbocycles. The van der Waals surface area contributed by atoms with Gasteiger partial charge in [0.1, 0.15) is 5.41 Å². The topological polar surface area (TPSA) is 58.2 Å². The highest BCUT2D eigenvalue weighted by molar-refractivity contribution is 6.08. The Kier molecular flexibility index (Phi) is 4.89. The molecule has 0 atom stereocenters. The Balaban J connectivity index is 1.76. The Bertz CT molecular complexity index is 528. The molecule has 120 valence electrons. The molecule has 1 aliphatic carbocycles. The minimum atomic E-state index is -0.819. The Hall–Kier alpha value is -1.84. The fourth-order valence-corrected chi connectivity index (χ4v) is 2.45. The van der Waals surface area contributed by atoms with Crippen LogP contribution >= 0.6 is 0 Å². The van der Waals surface area contributed by atoms with Crippen LogP contribution in [0.1, 0.15) is 45.6 Å². The number of aryl methyl sites for hydroxylation is 1. The number of amides is 2. The van der Waals surface area contributed by atoms with Crippen molar-refractivity contribution in [3.8, 4) is 0 Å². The predicted octanol–water partition coefficient (Wildman–Crippen LogP) is 2.43. The maximum absolute atomic E-state index is 12.3. The van der Waals surface area contributed by atoms with Crippen molar-refractivity contribution in [1.29, 1.82) is 0 Å². The third-order valence-electron chi connectivity index (χ3n) is 3.88. The molecule has 0 saturated heterocycles. The molecule has 0 heterocycles. The predicted molar refractivity (Wildman–Crippen MR) is 87.3 cm³/mol. The molecule has 22 heavy (non-hydrogen) atoms. The summed E-state index contributed by atoms with van der Waals surface area (Å²) in [5, 5.41) is 5.84. The number of nitrogens with one attached hydrogen (secondary N) is 2. The van der Waals surface area contributed by atoms with Crippen LogP contribution in [-0.4, -0.2) is 23.9 Å². The van der Waals surface area contributed by atoms with Gasteiger partial charge in [-0.1, -0.05) is 30.3 Å². The Morgan fingerprint density at radius 2 is 1.73 bits per heavy atom. The second kappa shape index (κ2) is 6.51. The molecule has 4 nitrogen and oxygen atoms in total. The van der Waals surface area contributed by atoms with Crippen LogP contribution in [0.2, 0.25) is 0 Å². The zero-order chi connectivity index (χ0) is 16.2. The van der Waals surface area contributed by atoms with Gasteiger partial charge in [-0.25, -0.2) is 0 Å². The van der Waals surface area contributed by atoms with Crippen LogP contribution in [0, 0.1) is 5.41 Å². The van der Waals surface area contributed by atoms with Gasteiger partial charge in [-0.2, -0.15) is 0 Å². The van der Waals surface area contributed by atoms with Gasteiger partial charge in [0.2, 0.25) is 11.8 Å². The van der Waals surface area contributed by atoms with Crippen LogP contribution in [0.3, 0.4) is 0 Å². The molecule has 0 unspecified atom stereocenters. The van der Waals surface area contributed by atoms with Gasteiger partial charge in [-0.15, -0.1) is 0 Å². The quantitative estimate of drug-likeness (QED) is 0.626. The van der Waals surface area contributed by atoms with Gasteiger partial charge in [0.05, 0.1) is 0 Å². The van der Waals surface area contributed by atoms with E-state index in [-0.39, 0.29) is 17.4 Å². The molecule has 1 aliphatic rings. The van der Waals surface area contributed by atoms with E-state index in [1.165, 1.54) is 5.56 Å². The fourth-order valence-electron chi connectivity index (χ4n) is 2.45. The standard InChI is InChI=1S/C18H26N2O2/c1-17(2,3)20-16(22)18(11-12-18)15(21)19-13-7-10-14-8-5-4-6-9-14/h4-6,8-9H,7,10-13H2,1-3H3,(H,19,21)(H,20,22). The molecular formula is C18H26N2O2. The average Bonchev–Trinajstić information content (AvgIpc) is 3.24. The Morgan fingerprint density at radius 1 is 1.09 bits per heavy atom. The molecule has 1 aromatic rings. The first kappa shape index (κ1) is 16.5. The van der Waals surface area contributed by atoms with Gasteiger partial charge in [0.25, 0.3) is 0 Å². The maximum Gasteiger partial charge on any atom is 0.236 e. The first-order valence-electron chi connectivity index (χ1n) is 7.98. The lowest BCUT2D eigenvalue weighted by molar-refractivity contribution is -0.138. The summed E-state index contributed by atoms with van der Waals surface area (Å²) in [5.74, 6) is -0.261. The number of rotatable bonds is 6. The van der Waals surface area contributed by atoms with Crippen molar-refractivity contribution in [2.45, 2.75) is 52.0 Å². The third kappa shape index (κ3) is 4.33. The summed E-state index contributed by atoms with van der Waals surface area (Å²) < 4.78 is 0. The Labute approximate surface area is 132 Å². The van der Waals surface area contributed by atoms with Gasteiger partial charge in [0, 0.05) is 12.1 Å². The first-order valence-corrected chi connectivity index (χ1v) is 7.98. The van der Waals surface area contributed by atoms with Crippen LogP contribution in [0.4, 0.5) is 0 Å². The summed E-state index contributed by atoms with van der Waals surface area (Å²) in [5.41, 5.74) is 0.142. The molecule has 2 rings (SSSR count). The lowest BCUT2D eigenvalue weighted by Crippen LogP contribution is -2.49. The fraction of sp³-hybridized carbons (Fsp3) is 0.556. The van der Waals surface area contributed by atoms with Gasteiger partial charge < -0.3 is 10.6 Å². The summed E-state index contributed by atoms with van der Waals surface area (Å²) >= 11 is 0. The van der Waals surface area contributed by atoms with Crippen molar-refractivity contribution in [2.24, 2.45) is 5.41 Å². The molecule has 2 N–H and O–H groups in total. The van der Waals surface area contributed by atoms with Crippen molar-refractivity contribution in [3.63, 3.8) is 0 Å². The summed E-state index contributed by atoms with van der Waals surface area (Å²) in [6.45, 7) is 6.40. The van der Waals surface area contributed by atoms with E-state index in [4.69, 9.17) is 0 Å². The zero-order valence-electron chi connectivity index (χ0n) is 13.7. The van der Waals surface area contributed by atoms with Gasteiger partial charge in [-0.05, 0) is 52.0 Å². The molecular weight excluding hydrogens is 276 g/mol. The average molecular weight is 302 g/mol. The number of benzene rings is 1. The summed E-state index contributed by atoms with van der Waals surface area (Å²) in [7, 11) is 0. The van der Waals surface area contributed by atoms with Crippen molar-refractivity contribution in [3.05, 3.63) is 35.9 Å². The molecule has 0 spiro atoms. The molecule has 0 aliphatic heterocycles. The van der Waals surface area contributed by atoms with Crippen molar-refractivity contribution < 1.29 is 9.59 Å². The van der Waals surface area contributed by atoms with E-state index in [0.717, 1.165) is 12.8 Å². The van der Waals surface area contributed by atoms with Crippen molar-refractivity contribution >= 4 is 11.8 Å². The highest BCUT2D eigenvalue weighted by Gasteiger charge is 2.56. The van der Waals surface area contributed by atoms with Crippen molar-refractivity contribution in [1.82, 2.24) is 10.6 Å². The lowest BCUT2D eigenvalue weighted by Gasteiger charge is -2.24. The summed E-state index contributed by atoms with van der Waals surface area (Å²) in [4.78, 5) is 24.6. The van der Waals surface area contributed by atoms with E-state index < -0.39 is 5.41 Å². The Morgan fingerprint density at radius 3 is 2.27 bits per heavy atom. The monoisotopic (exact) mass is 302 g/mol. The number of carbonyl (C=O) groups is 2. The minimum Gasteiger partial charge on any atom is -0.355 e. The third-order valence-corrected chi connectivity index (χ3v) is 3.88. The van der Waals surface area contributed by atoms with Crippen LogP contribution in [0.25, 0.3) is 0 Å². The molecule has 4 heteroatoms. The van der Waals surface area contributed by atoms with Gasteiger partial charge >= 0.3 is 0 Å². The van der Waals surface area contributed by atoms with Crippen LogP contribution in [-0.2, 0) is 16.0 Å². The normalized spacial score (nSPS) is 16.0. The molecule has 0 aromatic heterocycles. The molecule has 2 amide bonds. The number of carbonyl (C=O) groups excluding carboxylic acids is 2. The van der Waals surface area contributed by atoms with Crippen LogP contribution in [0.5, 0.6) is 0 Å². The van der Waals surface area contributed by atoms with E-state index >= 15 is 0 Å². The van der Waals surface area contributed by atoms with Crippen LogP contribution in [0.15, 0.2) is 30.3 Å².